The largest absolute Gasteiger partial charge is 0.338 e. The summed E-state index contributed by atoms with van der Waals surface area (Å²) in [5.41, 5.74) is 3.05. The molecule has 1 aliphatic heterocycles. The topological polar surface area (TPSA) is 95.1 Å². The highest BCUT2D eigenvalue weighted by atomic mass is 35.5. The molecule has 1 unspecified atom stereocenters. The molecular formula is C22H27ClN6OS. The van der Waals surface area contributed by atoms with E-state index < -0.39 is 5.66 Å². The smallest absolute Gasteiger partial charge is 0.316 e. The first-order chi connectivity index (χ1) is 14.6. The van der Waals surface area contributed by atoms with Crippen LogP contribution in [0.25, 0.3) is 0 Å². The number of nitrogens with one attached hydrogen (secondary N) is 2. The molecule has 0 bridgehead atoms. The average molecular weight is 459 g/mol. The second-order valence-electron chi connectivity index (χ2n) is 7.45. The first-order valence-electron chi connectivity index (χ1n) is 9.89. The molecule has 9 heteroatoms. The molecule has 0 fully saturated rings. The Labute approximate surface area is 191 Å². The third-order valence-electron chi connectivity index (χ3n) is 5.30. The van der Waals surface area contributed by atoms with E-state index in [0.717, 1.165) is 32.3 Å². The molecule has 1 aromatic heterocycles. The molecule has 2 amide bonds. The van der Waals surface area contributed by atoms with Gasteiger partial charge in [-0.2, -0.15) is 5.10 Å². The molecule has 0 saturated heterocycles. The molecule has 1 aromatic carbocycles. The van der Waals surface area contributed by atoms with Gasteiger partial charge in [0.25, 0.3) is 0 Å². The number of hydrogen-bond acceptors (Lipinski definition) is 5. The Hall–Kier alpha value is -2.84. The number of benzene rings is 1. The number of rotatable bonds is 3. The molecule has 0 spiro atoms. The van der Waals surface area contributed by atoms with Crippen LogP contribution in [0.3, 0.4) is 0 Å². The monoisotopic (exact) mass is 458 g/mol. The van der Waals surface area contributed by atoms with Gasteiger partial charge in [0.15, 0.2) is 5.66 Å². The minimum atomic E-state index is -1.15. The molecule has 0 saturated carbocycles. The van der Waals surface area contributed by atoms with Gasteiger partial charge >= 0.3 is 6.03 Å². The van der Waals surface area contributed by atoms with Gasteiger partial charge in [0, 0.05) is 27.6 Å². The van der Waals surface area contributed by atoms with Gasteiger partial charge in [-0.25, -0.2) is 4.79 Å². The SMILES string of the molecule is C=C1N(/C(C)=N\N)c2sc(C)c(C)c2C(c2ccc(Cl)cc2)=NC1(C)NC(=O)NCC. The van der Waals surface area contributed by atoms with E-state index in [-0.39, 0.29) is 6.03 Å². The summed E-state index contributed by atoms with van der Waals surface area (Å²) in [5.74, 6) is 6.22. The summed E-state index contributed by atoms with van der Waals surface area (Å²) < 4.78 is 0. The molecule has 164 valence electrons. The molecule has 2 heterocycles. The molecular weight excluding hydrogens is 432 g/mol. The number of aliphatic imine (C=N–C) groups is 1. The van der Waals surface area contributed by atoms with Gasteiger partial charge in [-0.1, -0.05) is 30.3 Å². The standard InChI is InChI=1S/C22H27ClN6OS/c1-7-25-21(30)27-22(6)14(4)29(15(5)28-24)20-18(12(2)13(3)31-20)19(26-22)16-8-10-17(23)11-9-16/h8-11H,4,7,24H2,1-3,5-6H3,(H2,25,27,30)/b28-15-. The Morgan fingerprint density at radius 2 is 2.00 bits per heavy atom. The number of urea groups is 1. The number of amides is 2. The van der Waals surface area contributed by atoms with Crippen LogP contribution in [0, 0.1) is 13.8 Å². The van der Waals surface area contributed by atoms with Crippen LogP contribution in [0.15, 0.2) is 46.6 Å². The normalized spacial score (nSPS) is 18.9. The zero-order valence-corrected chi connectivity index (χ0v) is 19.9. The molecule has 1 atom stereocenters. The second kappa shape index (κ2) is 8.72. The number of thiophene rings is 1. The Morgan fingerprint density at radius 3 is 2.58 bits per heavy atom. The van der Waals surface area contributed by atoms with Crippen molar-refractivity contribution >= 4 is 45.5 Å². The Bertz CT molecular complexity index is 1090. The highest BCUT2D eigenvalue weighted by Gasteiger charge is 2.40. The lowest BCUT2D eigenvalue weighted by Gasteiger charge is -2.34. The lowest BCUT2D eigenvalue weighted by atomic mass is 9.99. The summed E-state index contributed by atoms with van der Waals surface area (Å²) in [7, 11) is 0. The van der Waals surface area contributed by atoms with Gasteiger partial charge in [0.1, 0.15) is 10.8 Å². The fourth-order valence-electron chi connectivity index (χ4n) is 3.47. The van der Waals surface area contributed by atoms with Crippen molar-refractivity contribution in [2.75, 3.05) is 11.4 Å². The maximum absolute atomic E-state index is 12.5. The highest BCUT2D eigenvalue weighted by Crippen LogP contribution is 2.43. The number of fused-ring (bicyclic) bond motifs is 1. The summed E-state index contributed by atoms with van der Waals surface area (Å²) in [6, 6.07) is 7.16. The van der Waals surface area contributed by atoms with Crippen molar-refractivity contribution in [1.29, 1.82) is 0 Å². The number of hydrogen-bond donors (Lipinski definition) is 3. The van der Waals surface area contributed by atoms with Crippen LogP contribution in [0.5, 0.6) is 0 Å². The van der Waals surface area contributed by atoms with E-state index in [1.54, 1.807) is 18.3 Å². The first kappa shape index (κ1) is 22.8. The predicted molar refractivity (Wildman–Crippen MR) is 130 cm³/mol. The molecule has 1 aliphatic rings. The lowest BCUT2D eigenvalue weighted by molar-refractivity contribution is 0.233. The van der Waals surface area contributed by atoms with Gasteiger partial charge in [0.2, 0.25) is 0 Å². The van der Waals surface area contributed by atoms with Crippen molar-refractivity contribution in [1.82, 2.24) is 10.6 Å². The third kappa shape index (κ3) is 4.18. The van der Waals surface area contributed by atoms with Gasteiger partial charge in [-0.05, 0) is 52.3 Å². The number of nitrogens with two attached hydrogens (primary N) is 1. The predicted octanol–water partition coefficient (Wildman–Crippen LogP) is 4.52. The van der Waals surface area contributed by atoms with Gasteiger partial charge in [-0.15, -0.1) is 11.3 Å². The number of carbonyl (C=O) groups is 1. The van der Waals surface area contributed by atoms with Crippen LogP contribution < -0.4 is 21.4 Å². The van der Waals surface area contributed by atoms with Crippen LogP contribution >= 0.6 is 22.9 Å². The number of halogens is 1. The maximum atomic E-state index is 12.5. The van der Waals surface area contributed by atoms with Gasteiger partial charge < -0.3 is 16.5 Å². The molecule has 7 nitrogen and oxygen atoms in total. The number of nitrogens with zero attached hydrogens (tertiary/aromatic N) is 3. The summed E-state index contributed by atoms with van der Waals surface area (Å²) in [4.78, 5) is 20.6. The van der Waals surface area contributed by atoms with Crippen LogP contribution in [0.1, 0.15) is 42.3 Å². The van der Waals surface area contributed by atoms with Gasteiger partial charge in [-0.3, -0.25) is 9.89 Å². The third-order valence-corrected chi connectivity index (χ3v) is 6.74. The summed E-state index contributed by atoms with van der Waals surface area (Å²) in [6.07, 6.45) is 0. The summed E-state index contributed by atoms with van der Waals surface area (Å²) in [5, 5.41) is 11.2. The van der Waals surface area contributed by atoms with Crippen LogP contribution in [0.4, 0.5) is 9.80 Å². The average Bonchev–Trinajstić information content (AvgIpc) is 2.96. The van der Waals surface area contributed by atoms with E-state index in [9.17, 15) is 4.79 Å². The summed E-state index contributed by atoms with van der Waals surface area (Å²) >= 11 is 7.74. The second-order valence-corrected chi connectivity index (χ2v) is 9.09. The first-order valence-corrected chi connectivity index (χ1v) is 11.1. The molecule has 0 radical (unpaired) electrons. The highest BCUT2D eigenvalue weighted by molar-refractivity contribution is 7.17. The number of carbonyl (C=O) groups excluding carboxylic acids is 1. The fraction of sp³-hybridized carbons (Fsp3) is 0.318. The minimum Gasteiger partial charge on any atom is -0.338 e. The molecule has 2 aromatic rings. The van der Waals surface area contributed by atoms with E-state index in [4.69, 9.17) is 22.4 Å². The quantitative estimate of drug-likeness (QED) is 0.273. The zero-order chi connectivity index (χ0) is 22.9. The van der Waals surface area contributed by atoms with E-state index >= 15 is 0 Å². The number of anilines is 1. The van der Waals surface area contributed by atoms with Crippen molar-refractivity contribution < 1.29 is 4.79 Å². The van der Waals surface area contributed by atoms with Crippen molar-refractivity contribution in [3.8, 4) is 0 Å². The van der Waals surface area contributed by atoms with Crippen LogP contribution in [-0.4, -0.2) is 29.8 Å². The van der Waals surface area contributed by atoms with Crippen LogP contribution in [0.2, 0.25) is 5.02 Å². The Balaban J connectivity index is 2.34. The number of hydrazone groups is 1. The van der Waals surface area contributed by atoms with E-state index in [0.29, 0.717) is 23.1 Å². The van der Waals surface area contributed by atoms with Crippen LogP contribution in [-0.2, 0) is 0 Å². The van der Waals surface area contributed by atoms with Crippen molar-refractivity contribution in [2.45, 2.75) is 40.3 Å². The van der Waals surface area contributed by atoms with E-state index in [1.165, 1.54) is 0 Å². The van der Waals surface area contributed by atoms with E-state index in [1.807, 2.05) is 43.0 Å². The Kier molecular flexibility index (Phi) is 6.43. The molecule has 31 heavy (non-hydrogen) atoms. The fourth-order valence-corrected chi connectivity index (χ4v) is 4.83. The molecule has 4 N–H and O–H groups in total. The van der Waals surface area contributed by atoms with Crippen molar-refractivity contribution in [3.63, 3.8) is 0 Å². The minimum absolute atomic E-state index is 0.342. The number of amidine groups is 1. The van der Waals surface area contributed by atoms with Gasteiger partial charge in [0.05, 0.1) is 11.4 Å². The lowest BCUT2D eigenvalue weighted by Crippen LogP contribution is -2.54. The molecule has 0 aliphatic carbocycles. The summed E-state index contributed by atoms with van der Waals surface area (Å²) in [6.45, 7) is 14.4. The molecule has 3 rings (SSSR count). The van der Waals surface area contributed by atoms with E-state index in [2.05, 4.69) is 36.2 Å². The van der Waals surface area contributed by atoms with Crippen molar-refractivity contribution in [2.24, 2.45) is 15.9 Å². The maximum Gasteiger partial charge on any atom is 0.316 e. The zero-order valence-electron chi connectivity index (χ0n) is 18.3. The van der Waals surface area contributed by atoms with Crippen molar-refractivity contribution in [3.05, 3.63) is 63.1 Å². The number of aryl methyl sites for hydroxylation is 1. The Morgan fingerprint density at radius 1 is 1.35 bits per heavy atom.